The van der Waals surface area contributed by atoms with Crippen molar-refractivity contribution in [3.05, 3.63) is 87.4 Å². The fourth-order valence-corrected chi connectivity index (χ4v) is 3.70. The van der Waals surface area contributed by atoms with Crippen molar-refractivity contribution in [1.29, 1.82) is 0 Å². The van der Waals surface area contributed by atoms with E-state index < -0.39 is 24.2 Å². The average Bonchev–Trinajstić information content (AvgIpc) is 3.29. The molecule has 0 atom stereocenters. The number of anilines is 1. The topological polar surface area (TPSA) is 105 Å². The van der Waals surface area contributed by atoms with Crippen LogP contribution in [0.2, 0.25) is 5.02 Å². The van der Waals surface area contributed by atoms with Crippen LogP contribution in [0.5, 0.6) is 0 Å². The Morgan fingerprint density at radius 3 is 2.64 bits per heavy atom. The Morgan fingerprint density at radius 2 is 1.85 bits per heavy atom. The first kappa shape index (κ1) is 22.4. The number of rotatable bonds is 7. The number of benzene rings is 2. The fourth-order valence-electron chi connectivity index (χ4n) is 3.49. The van der Waals surface area contributed by atoms with Crippen LogP contribution in [0.4, 0.5) is 10.1 Å². The second-order valence-electron chi connectivity index (χ2n) is 7.53. The first-order valence-electron chi connectivity index (χ1n) is 10.1. The molecule has 0 bridgehead atoms. The molecule has 2 heterocycles. The van der Waals surface area contributed by atoms with Crippen molar-refractivity contribution >= 4 is 40.7 Å². The van der Waals surface area contributed by atoms with Crippen LogP contribution in [0.1, 0.15) is 48.8 Å². The highest BCUT2D eigenvalue weighted by Crippen LogP contribution is 2.26. The molecular formula is C24H18ClFN2O5. The van der Waals surface area contributed by atoms with Crippen LogP contribution in [0.15, 0.2) is 48.7 Å². The minimum absolute atomic E-state index is 0.0149. The summed E-state index contributed by atoms with van der Waals surface area (Å²) in [5.74, 6) is -2.86. The molecule has 0 aliphatic carbocycles. The quantitative estimate of drug-likeness (QED) is 0.400. The molecule has 1 aromatic heterocycles. The number of carbonyl (C=O) groups is 4. The number of aryl methyl sites for hydroxylation is 1. The number of Topliss-reactive ketones (excluding diaryl/α,β-unsaturated/α-hetero) is 2. The van der Waals surface area contributed by atoms with E-state index in [1.54, 1.807) is 24.3 Å². The molecule has 4 rings (SSSR count). The molecule has 168 valence electrons. The van der Waals surface area contributed by atoms with Crippen molar-refractivity contribution in [3.63, 3.8) is 0 Å². The highest BCUT2D eigenvalue weighted by Gasteiger charge is 2.22. The molecule has 0 saturated heterocycles. The second-order valence-corrected chi connectivity index (χ2v) is 7.94. The van der Waals surface area contributed by atoms with Crippen LogP contribution in [0, 0.1) is 5.82 Å². The number of nitrogens with one attached hydrogen (secondary N) is 2. The van der Waals surface area contributed by atoms with Gasteiger partial charge in [0, 0.05) is 35.3 Å². The Labute approximate surface area is 192 Å². The lowest BCUT2D eigenvalue weighted by molar-refractivity contribution is -0.116. The zero-order valence-corrected chi connectivity index (χ0v) is 18.0. The normalized spacial score (nSPS) is 12.6. The van der Waals surface area contributed by atoms with Gasteiger partial charge in [-0.25, -0.2) is 9.18 Å². The summed E-state index contributed by atoms with van der Waals surface area (Å²) in [6.07, 6.45) is 2.05. The van der Waals surface area contributed by atoms with E-state index in [2.05, 4.69) is 10.3 Å². The standard InChI is InChI=1S/C24H18ClFN2O5/c25-17-4-2-1-3-13(17)9-21(29)15-8-20(27-11-15)24(32)33-12-22(30)16-7-14-5-6-23(31)28-19(14)10-18(16)26/h1-4,7-8,10-11,27H,5-6,9,12H2,(H,28,31). The zero-order chi connectivity index (χ0) is 23.5. The van der Waals surface area contributed by atoms with Gasteiger partial charge >= 0.3 is 5.97 Å². The first-order valence-corrected chi connectivity index (χ1v) is 10.5. The summed E-state index contributed by atoms with van der Waals surface area (Å²) in [6.45, 7) is -0.678. The van der Waals surface area contributed by atoms with Crippen molar-refractivity contribution in [1.82, 2.24) is 4.98 Å². The number of amides is 1. The fraction of sp³-hybridized carbons (Fsp3) is 0.167. The van der Waals surface area contributed by atoms with Gasteiger partial charge in [0.2, 0.25) is 11.7 Å². The summed E-state index contributed by atoms with van der Waals surface area (Å²) in [5, 5.41) is 3.02. The maximum absolute atomic E-state index is 14.3. The van der Waals surface area contributed by atoms with Gasteiger partial charge in [0.05, 0.1) is 5.56 Å². The van der Waals surface area contributed by atoms with E-state index >= 15 is 0 Å². The van der Waals surface area contributed by atoms with Crippen LogP contribution in [-0.2, 0) is 22.4 Å². The zero-order valence-electron chi connectivity index (χ0n) is 17.2. The molecule has 9 heteroatoms. The SMILES string of the molecule is O=C1CCc2cc(C(=O)COC(=O)c3cc(C(=O)Cc4ccccc4Cl)c[nH]3)c(F)cc2N1. The van der Waals surface area contributed by atoms with E-state index in [1.165, 1.54) is 18.3 Å². The molecular weight excluding hydrogens is 451 g/mol. The Morgan fingerprint density at radius 1 is 1.06 bits per heavy atom. The van der Waals surface area contributed by atoms with Crippen molar-refractivity contribution in [2.24, 2.45) is 0 Å². The van der Waals surface area contributed by atoms with Crippen molar-refractivity contribution in [3.8, 4) is 0 Å². The number of H-pyrrole nitrogens is 1. The number of ether oxygens (including phenoxy) is 1. The molecule has 1 aliphatic heterocycles. The lowest BCUT2D eigenvalue weighted by atomic mass is 9.98. The van der Waals surface area contributed by atoms with Crippen molar-refractivity contribution in [2.45, 2.75) is 19.3 Å². The Hall–Kier alpha value is -3.78. The molecule has 3 aromatic rings. The van der Waals surface area contributed by atoms with Gasteiger partial charge in [-0.3, -0.25) is 14.4 Å². The summed E-state index contributed by atoms with van der Waals surface area (Å²) in [4.78, 5) is 51.3. The number of carbonyl (C=O) groups excluding carboxylic acids is 4. The average molecular weight is 469 g/mol. The molecule has 0 radical (unpaired) electrons. The number of esters is 1. The van der Waals surface area contributed by atoms with E-state index in [4.69, 9.17) is 16.3 Å². The van der Waals surface area contributed by atoms with Crippen LogP contribution in [-0.4, -0.2) is 35.0 Å². The van der Waals surface area contributed by atoms with E-state index in [0.717, 1.165) is 6.07 Å². The molecule has 0 fully saturated rings. The molecule has 0 unspecified atom stereocenters. The maximum atomic E-state index is 14.3. The Bertz CT molecular complexity index is 1280. The van der Waals surface area contributed by atoms with Crippen LogP contribution >= 0.6 is 11.6 Å². The molecule has 1 amide bonds. The van der Waals surface area contributed by atoms with Gasteiger partial charge in [-0.2, -0.15) is 0 Å². The molecule has 2 N–H and O–H groups in total. The molecule has 0 spiro atoms. The highest BCUT2D eigenvalue weighted by molar-refractivity contribution is 6.31. The third-order valence-corrected chi connectivity index (χ3v) is 5.63. The number of aromatic amines is 1. The predicted molar refractivity (Wildman–Crippen MR) is 118 cm³/mol. The van der Waals surface area contributed by atoms with Gasteiger partial charge in [0.15, 0.2) is 12.4 Å². The van der Waals surface area contributed by atoms with Crippen LogP contribution in [0.25, 0.3) is 0 Å². The van der Waals surface area contributed by atoms with Gasteiger partial charge in [0.25, 0.3) is 0 Å². The summed E-state index contributed by atoms with van der Waals surface area (Å²) in [7, 11) is 0. The largest absolute Gasteiger partial charge is 0.453 e. The van der Waals surface area contributed by atoms with Gasteiger partial charge in [-0.1, -0.05) is 29.8 Å². The number of aromatic nitrogens is 1. The monoisotopic (exact) mass is 468 g/mol. The lowest BCUT2D eigenvalue weighted by Gasteiger charge is -2.17. The van der Waals surface area contributed by atoms with E-state index in [-0.39, 0.29) is 41.4 Å². The smallest absolute Gasteiger partial charge is 0.355 e. The Kier molecular flexibility index (Phi) is 6.37. The third-order valence-electron chi connectivity index (χ3n) is 5.26. The number of ketones is 2. The number of fused-ring (bicyclic) bond motifs is 1. The van der Waals surface area contributed by atoms with Gasteiger partial charge in [-0.15, -0.1) is 0 Å². The molecule has 7 nitrogen and oxygen atoms in total. The minimum atomic E-state index is -0.856. The van der Waals surface area contributed by atoms with Crippen molar-refractivity contribution in [2.75, 3.05) is 11.9 Å². The lowest BCUT2D eigenvalue weighted by Crippen LogP contribution is -2.21. The number of hydrogen-bond donors (Lipinski definition) is 2. The summed E-state index contributed by atoms with van der Waals surface area (Å²) in [6, 6.07) is 10.7. The van der Waals surface area contributed by atoms with E-state index in [9.17, 15) is 23.6 Å². The minimum Gasteiger partial charge on any atom is -0.453 e. The molecule has 0 saturated carbocycles. The number of hydrogen-bond acceptors (Lipinski definition) is 5. The molecule has 2 aromatic carbocycles. The summed E-state index contributed by atoms with van der Waals surface area (Å²) < 4.78 is 19.3. The third kappa shape index (κ3) is 5.01. The molecule has 33 heavy (non-hydrogen) atoms. The van der Waals surface area contributed by atoms with Crippen molar-refractivity contribution < 1.29 is 28.3 Å². The van der Waals surface area contributed by atoms with Crippen LogP contribution in [0.3, 0.4) is 0 Å². The summed E-state index contributed by atoms with van der Waals surface area (Å²) in [5.41, 5.74) is 1.65. The predicted octanol–water partition coefficient (Wildman–Crippen LogP) is 4.16. The van der Waals surface area contributed by atoms with Crippen LogP contribution < -0.4 is 5.32 Å². The van der Waals surface area contributed by atoms with Gasteiger partial charge in [-0.05, 0) is 41.8 Å². The second kappa shape index (κ2) is 9.38. The summed E-state index contributed by atoms with van der Waals surface area (Å²) >= 11 is 6.08. The first-order chi connectivity index (χ1) is 15.8. The van der Waals surface area contributed by atoms with E-state index in [1.807, 2.05) is 0 Å². The Balaban J connectivity index is 1.38. The number of halogens is 2. The highest BCUT2D eigenvalue weighted by atomic mass is 35.5. The molecule has 1 aliphatic rings. The van der Waals surface area contributed by atoms with Gasteiger partial charge < -0.3 is 15.0 Å². The van der Waals surface area contributed by atoms with Gasteiger partial charge in [0.1, 0.15) is 11.5 Å². The maximum Gasteiger partial charge on any atom is 0.355 e. The van der Waals surface area contributed by atoms with E-state index in [0.29, 0.717) is 28.3 Å².